The number of nitrogens with zero attached hydrogens (tertiary/aromatic N) is 3. The standard InChI is InChI=1S/C25H28F2N4O3/c1-6-34-24(4)20-11-18-15(3)29-30-22(19(18)12-21(20)31(5)23(24)33)28-14(2)16-8-7-9-17(10-16)25(26,27)13-32/h7-12,14,32H,6,13H2,1-5H3,(H,28,30)/t14-,24?/m1/s1. The molecule has 0 bridgehead atoms. The van der Waals surface area contributed by atoms with Crippen LogP contribution in [0.5, 0.6) is 0 Å². The highest BCUT2D eigenvalue weighted by atomic mass is 19.3. The first-order valence-corrected chi connectivity index (χ1v) is 11.1. The summed E-state index contributed by atoms with van der Waals surface area (Å²) in [5.41, 5.74) is 1.46. The topological polar surface area (TPSA) is 87.6 Å². The van der Waals surface area contributed by atoms with E-state index in [9.17, 15) is 13.6 Å². The fourth-order valence-corrected chi connectivity index (χ4v) is 4.47. The minimum Gasteiger partial charge on any atom is -0.390 e. The predicted molar refractivity (Wildman–Crippen MR) is 126 cm³/mol. The molecule has 1 aliphatic heterocycles. The monoisotopic (exact) mass is 470 g/mol. The summed E-state index contributed by atoms with van der Waals surface area (Å²) >= 11 is 0. The van der Waals surface area contributed by atoms with E-state index >= 15 is 0 Å². The van der Waals surface area contributed by atoms with Gasteiger partial charge in [-0.25, -0.2) is 0 Å². The number of benzene rings is 2. The molecule has 9 heteroatoms. The van der Waals surface area contributed by atoms with Crippen molar-refractivity contribution in [3.63, 3.8) is 0 Å². The van der Waals surface area contributed by atoms with Crippen molar-refractivity contribution in [3.8, 4) is 0 Å². The van der Waals surface area contributed by atoms with Gasteiger partial charge in [0.05, 0.1) is 17.4 Å². The molecule has 0 fully saturated rings. The fourth-order valence-electron chi connectivity index (χ4n) is 4.47. The Morgan fingerprint density at radius 1 is 1.24 bits per heavy atom. The minimum absolute atomic E-state index is 0.150. The lowest BCUT2D eigenvalue weighted by Crippen LogP contribution is -2.38. The molecular weight excluding hydrogens is 442 g/mol. The smallest absolute Gasteiger partial charge is 0.295 e. The van der Waals surface area contributed by atoms with Crippen molar-refractivity contribution in [1.82, 2.24) is 10.2 Å². The maximum absolute atomic E-state index is 14.0. The first kappa shape index (κ1) is 24.0. The van der Waals surface area contributed by atoms with Crippen LogP contribution in [-0.4, -0.2) is 41.5 Å². The number of hydrogen-bond acceptors (Lipinski definition) is 6. The van der Waals surface area contributed by atoms with Crippen molar-refractivity contribution in [2.45, 2.75) is 45.3 Å². The van der Waals surface area contributed by atoms with Crippen molar-refractivity contribution in [2.75, 3.05) is 30.5 Å². The van der Waals surface area contributed by atoms with Gasteiger partial charge in [-0.05, 0) is 51.5 Å². The third-order valence-corrected chi connectivity index (χ3v) is 6.46. The maximum atomic E-state index is 14.0. The van der Waals surface area contributed by atoms with Crippen LogP contribution in [0.25, 0.3) is 10.8 Å². The van der Waals surface area contributed by atoms with Gasteiger partial charge in [0, 0.05) is 35.6 Å². The Morgan fingerprint density at radius 3 is 2.65 bits per heavy atom. The summed E-state index contributed by atoms with van der Waals surface area (Å²) < 4.78 is 33.8. The number of hydrogen-bond donors (Lipinski definition) is 2. The number of aliphatic hydroxyl groups excluding tert-OH is 1. The van der Waals surface area contributed by atoms with Gasteiger partial charge < -0.3 is 20.1 Å². The molecule has 3 aromatic rings. The lowest BCUT2D eigenvalue weighted by atomic mass is 9.94. The van der Waals surface area contributed by atoms with Crippen LogP contribution in [0.15, 0.2) is 36.4 Å². The van der Waals surface area contributed by atoms with Crippen molar-refractivity contribution in [2.24, 2.45) is 0 Å². The van der Waals surface area contributed by atoms with Crippen LogP contribution in [0.3, 0.4) is 0 Å². The van der Waals surface area contributed by atoms with Gasteiger partial charge in [-0.1, -0.05) is 18.2 Å². The van der Waals surface area contributed by atoms with Gasteiger partial charge in [0.1, 0.15) is 6.61 Å². The SMILES string of the molecule is CCOC1(C)C(=O)N(C)c2cc3c(N[C@H](C)c4cccc(C(F)(F)CO)c4)nnc(C)c3cc21. The van der Waals surface area contributed by atoms with Gasteiger partial charge in [0.15, 0.2) is 11.4 Å². The van der Waals surface area contributed by atoms with Crippen LogP contribution in [0.1, 0.15) is 49.2 Å². The van der Waals surface area contributed by atoms with Gasteiger partial charge in [0.2, 0.25) is 0 Å². The molecule has 0 aliphatic carbocycles. The number of aryl methyl sites for hydroxylation is 1. The number of nitrogens with one attached hydrogen (secondary N) is 1. The Balaban J connectivity index is 1.77. The number of aromatic nitrogens is 2. The molecule has 2 aromatic carbocycles. The van der Waals surface area contributed by atoms with E-state index in [1.165, 1.54) is 18.2 Å². The number of aliphatic hydroxyl groups is 1. The summed E-state index contributed by atoms with van der Waals surface area (Å²) in [4.78, 5) is 14.6. The summed E-state index contributed by atoms with van der Waals surface area (Å²) in [5, 5.41) is 22.5. The number of carbonyl (C=O) groups is 1. The quantitative estimate of drug-likeness (QED) is 0.532. The zero-order valence-corrected chi connectivity index (χ0v) is 19.8. The van der Waals surface area contributed by atoms with Crippen LogP contribution in [0, 0.1) is 6.92 Å². The van der Waals surface area contributed by atoms with E-state index in [1.54, 1.807) is 24.9 Å². The summed E-state index contributed by atoms with van der Waals surface area (Å²) in [6, 6.07) is 9.36. The average molecular weight is 471 g/mol. The highest BCUT2D eigenvalue weighted by molar-refractivity contribution is 6.10. The summed E-state index contributed by atoms with van der Waals surface area (Å²) in [6.45, 7) is 6.42. The van der Waals surface area contributed by atoms with Crippen LogP contribution >= 0.6 is 0 Å². The van der Waals surface area contributed by atoms with E-state index in [0.717, 1.165) is 22.0 Å². The minimum atomic E-state index is -3.32. The molecule has 1 amide bonds. The summed E-state index contributed by atoms with van der Waals surface area (Å²) in [6.07, 6.45) is 0. The van der Waals surface area contributed by atoms with Gasteiger partial charge in [0.25, 0.3) is 11.8 Å². The number of amides is 1. The summed E-state index contributed by atoms with van der Waals surface area (Å²) in [7, 11) is 1.71. The van der Waals surface area contributed by atoms with E-state index in [4.69, 9.17) is 9.84 Å². The average Bonchev–Trinajstić information content (AvgIpc) is 3.01. The zero-order chi connectivity index (χ0) is 24.8. The molecule has 2 N–H and O–H groups in total. The number of alkyl halides is 2. The number of rotatable bonds is 7. The number of fused-ring (bicyclic) bond motifs is 2. The number of ether oxygens (including phenoxy) is 1. The fraction of sp³-hybridized carbons (Fsp3) is 0.400. The number of halogens is 2. The third-order valence-electron chi connectivity index (χ3n) is 6.46. The molecule has 1 aliphatic rings. The van der Waals surface area contributed by atoms with Crippen LogP contribution < -0.4 is 10.2 Å². The van der Waals surface area contributed by atoms with Gasteiger partial charge in [-0.15, -0.1) is 5.10 Å². The lowest BCUT2D eigenvalue weighted by Gasteiger charge is -2.23. The van der Waals surface area contributed by atoms with Crippen molar-refractivity contribution in [3.05, 3.63) is 58.8 Å². The molecule has 180 valence electrons. The molecule has 1 unspecified atom stereocenters. The molecule has 2 atom stereocenters. The van der Waals surface area contributed by atoms with E-state index in [2.05, 4.69) is 15.5 Å². The van der Waals surface area contributed by atoms with Crippen molar-refractivity contribution < 1.29 is 23.4 Å². The Kier molecular flexibility index (Phi) is 6.03. The Morgan fingerprint density at radius 2 is 1.97 bits per heavy atom. The molecule has 0 spiro atoms. The number of anilines is 2. The first-order valence-electron chi connectivity index (χ1n) is 11.1. The van der Waals surface area contributed by atoms with Crippen molar-refractivity contribution in [1.29, 1.82) is 0 Å². The van der Waals surface area contributed by atoms with Crippen LogP contribution in [-0.2, 0) is 21.1 Å². The Labute approximate surface area is 196 Å². The van der Waals surface area contributed by atoms with Gasteiger partial charge >= 0.3 is 0 Å². The Hall–Kier alpha value is -3.17. The highest BCUT2D eigenvalue weighted by Gasteiger charge is 2.47. The maximum Gasteiger partial charge on any atom is 0.295 e. The number of likely N-dealkylation sites (N-methyl/N-ethyl adjacent to an activating group) is 1. The van der Waals surface area contributed by atoms with Gasteiger partial charge in [-0.2, -0.15) is 13.9 Å². The van der Waals surface area contributed by atoms with E-state index in [1.807, 2.05) is 32.9 Å². The molecule has 2 heterocycles. The second-order valence-electron chi connectivity index (χ2n) is 8.73. The second kappa shape index (κ2) is 8.56. The van der Waals surface area contributed by atoms with E-state index < -0.39 is 18.1 Å². The molecule has 4 rings (SSSR count). The highest BCUT2D eigenvalue weighted by Crippen LogP contribution is 2.45. The van der Waals surface area contributed by atoms with E-state index in [0.29, 0.717) is 23.7 Å². The van der Waals surface area contributed by atoms with Crippen LogP contribution in [0.4, 0.5) is 20.3 Å². The van der Waals surface area contributed by atoms with Gasteiger partial charge in [-0.3, -0.25) is 4.79 Å². The van der Waals surface area contributed by atoms with E-state index in [-0.39, 0.29) is 17.5 Å². The molecule has 0 saturated heterocycles. The predicted octanol–water partition coefficient (Wildman–Crippen LogP) is 4.42. The van der Waals surface area contributed by atoms with Crippen molar-refractivity contribution >= 4 is 28.2 Å². The number of carbonyl (C=O) groups excluding carboxylic acids is 1. The molecule has 0 radical (unpaired) electrons. The molecule has 1 aromatic heterocycles. The molecule has 0 saturated carbocycles. The summed E-state index contributed by atoms with van der Waals surface area (Å²) in [5.74, 6) is -3.00. The third kappa shape index (κ3) is 3.78. The molecule has 7 nitrogen and oxygen atoms in total. The van der Waals surface area contributed by atoms with Crippen LogP contribution in [0.2, 0.25) is 0 Å². The largest absolute Gasteiger partial charge is 0.390 e. The Bertz CT molecular complexity index is 1270. The molecular formula is C25H28F2N4O3. The lowest BCUT2D eigenvalue weighted by molar-refractivity contribution is -0.140. The first-order chi connectivity index (χ1) is 16.0. The zero-order valence-electron chi connectivity index (χ0n) is 19.8. The normalized spacial score (nSPS) is 18.9. The second-order valence-corrected chi connectivity index (χ2v) is 8.73. The molecule has 34 heavy (non-hydrogen) atoms.